The van der Waals surface area contributed by atoms with E-state index in [1.165, 1.54) is 0 Å². The number of fused-ring (bicyclic) bond motifs is 1. The minimum Gasteiger partial charge on any atom is -0.491 e. The SMILES string of the molecule is NC(C(=O)NC1COc2ccccc2C1)C1CCOCC1. The van der Waals surface area contributed by atoms with Crippen LogP contribution in [0.1, 0.15) is 18.4 Å². The first-order valence-electron chi connectivity index (χ1n) is 7.58. The number of carbonyl (C=O) groups excluding carboxylic acids is 1. The fourth-order valence-corrected chi connectivity index (χ4v) is 3.01. The van der Waals surface area contributed by atoms with E-state index in [-0.39, 0.29) is 17.9 Å². The van der Waals surface area contributed by atoms with Crippen LogP contribution in [-0.4, -0.2) is 37.8 Å². The van der Waals surface area contributed by atoms with Crippen LogP contribution in [0.3, 0.4) is 0 Å². The molecule has 5 nitrogen and oxygen atoms in total. The highest BCUT2D eigenvalue weighted by Gasteiger charge is 2.29. The van der Waals surface area contributed by atoms with Gasteiger partial charge in [-0.2, -0.15) is 0 Å². The number of hydrogen-bond donors (Lipinski definition) is 2. The molecule has 0 saturated carbocycles. The molecule has 2 unspecified atom stereocenters. The monoisotopic (exact) mass is 290 g/mol. The van der Waals surface area contributed by atoms with Crippen molar-refractivity contribution in [1.82, 2.24) is 5.32 Å². The number of amides is 1. The van der Waals surface area contributed by atoms with Gasteiger partial charge in [-0.05, 0) is 36.8 Å². The lowest BCUT2D eigenvalue weighted by atomic mass is 9.91. The van der Waals surface area contributed by atoms with Crippen LogP contribution >= 0.6 is 0 Å². The molecule has 2 aliphatic rings. The second-order valence-corrected chi connectivity index (χ2v) is 5.80. The lowest BCUT2D eigenvalue weighted by Gasteiger charge is -2.30. The van der Waals surface area contributed by atoms with E-state index in [1.54, 1.807) is 0 Å². The molecule has 21 heavy (non-hydrogen) atoms. The van der Waals surface area contributed by atoms with Gasteiger partial charge >= 0.3 is 0 Å². The van der Waals surface area contributed by atoms with E-state index in [0.29, 0.717) is 19.8 Å². The zero-order valence-electron chi connectivity index (χ0n) is 12.1. The van der Waals surface area contributed by atoms with Gasteiger partial charge in [-0.1, -0.05) is 18.2 Å². The molecule has 3 rings (SSSR count). The molecule has 2 heterocycles. The Kier molecular flexibility index (Phi) is 4.41. The molecule has 1 saturated heterocycles. The minimum atomic E-state index is -0.453. The topological polar surface area (TPSA) is 73.6 Å². The van der Waals surface area contributed by atoms with Gasteiger partial charge in [-0.25, -0.2) is 0 Å². The van der Waals surface area contributed by atoms with Crippen molar-refractivity contribution in [3.05, 3.63) is 29.8 Å². The van der Waals surface area contributed by atoms with Crippen molar-refractivity contribution in [2.75, 3.05) is 19.8 Å². The summed E-state index contributed by atoms with van der Waals surface area (Å²) in [7, 11) is 0. The number of hydrogen-bond acceptors (Lipinski definition) is 4. The molecule has 0 aliphatic carbocycles. The Hall–Kier alpha value is -1.59. The number of nitrogens with one attached hydrogen (secondary N) is 1. The third-order valence-electron chi connectivity index (χ3n) is 4.30. The van der Waals surface area contributed by atoms with E-state index in [4.69, 9.17) is 15.2 Å². The Morgan fingerprint density at radius 1 is 1.29 bits per heavy atom. The summed E-state index contributed by atoms with van der Waals surface area (Å²) in [5, 5.41) is 3.03. The molecule has 3 N–H and O–H groups in total. The predicted octanol–water partition coefficient (Wildman–Crippen LogP) is 0.860. The summed E-state index contributed by atoms with van der Waals surface area (Å²) >= 11 is 0. The average molecular weight is 290 g/mol. The van der Waals surface area contributed by atoms with Crippen molar-refractivity contribution in [2.45, 2.75) is 31.3 Å². The maximum Gasteiger partial charge on any atom is 0.237 e. The molecule has 0 bridgehead atoms. The van der Waals surface area contributed by atoms with Gasteiger partial charge in [0.25, 0.3) is 0 Å². The zero-order valence-corrected chi connectivity index (χ0v) is 12.1. The highest BCUT2D eigenvalue weighted by molar-refractivity contribution is 5.82. The standard InChI is InChI=1S/C16H22N2O3/c17-15(11-5-7-20-8-6-11)16(19)18-13-9-12-3-1-2-4-14(12)21-10-13/h1-4,11,13,15H,5-10,17H2,(H,18,19). The maximum absolute atomic E-state index is 12.3. The summed E-state index contributed by atoms with van der Waals surface area (Å²) in [5.74, 6) is 1.06. The number of carbonyl (C=O) groups is 1. The van der Waals surface area contributed by atoms with E-state index in [0.717, 1.165) is 30.6 Å². The van der Waals surface area contributed by atoms with E-state index in [1.807, 2.05) is 24.3 Å². The predicted molar refractivity (Wildman–Crippen MR) is 79.1 cm³/mol. The van der Waals surface area contributed by atoms with Crippen LogP contribution in [-0.2, 0) is 16.0 Å². The first kappa shape index (κ1) is 14.4. The maximum atomic E-state index is 12.3. The Morgan fingerprint density at radius 3 is 2.86 bits per heavy atom. The molecule has 1 fully saturated rings. The van der Waals surface area contributed by atoms with Gasteiger partial charge in [0.05, 0.1) is 12.1 Å². The van der Waals surface area contributed by atoms with Crippen LogP contribution in [0.15, 0.2) is 24.3 Å². The molecule has 0 spiro atoms. The number of para-hydroxylation sites is 1. The van der Waals surface area contributed by atoms with Crippen molar-refractivity contribution in [1.29, 1.82) is 0 Å². The fourth-order valence-electron chi connectivity index (χ4n) is 3.01. The molecule has 114 valence electrons. The minimum absolute atomic E-state index is 0.00158. The molecule has 1 aromatic rings. The third-order valence-corrected chi connectivity index (χ3v) is 4.30. The molecule has 2 aliphatic heterocycles. The lowest BCUT2D eigenvalue weighted by Crippen LogP contribution is -2.52. The van der Waals surface area contributed by atoms with Gasteiger partial charge in [0.15, 0.2) is 0 Å². The van der Waals surface area contributed by atoms with E-state index in [9.17, 15) is 4.79 Å². The normalized spacial score (nSPS) is 23.8. The molecule has 5 heteroatoms. The summed E-state index contributed by atoms with van der Waals surface area (Å²) in [6.45, 7) is 1.90. The van der Waals surface area contributed by atoms with E-state index in [2.05, 4.69) is 5.32 Å². The molecular formula is C16H22N2O3. The quantitative estimate of drug-likeness (QED) is 0.866. The molecule has 0 aromatic heterocycles. The summed E-state index contributed by atoms with van der Waals surface area (Å²) in [4.78, 5) is 12.3. The smallest absolute Gasteiger partial charge is 0.237 e. The first-order chi connectivity index (χ1) is 10.2. The lowest BCUT2D eigenvalue weighted by molar-refractivity contribution is -0.125. The Balaban J connectivity index is 1.56. The van der Waals surface area contributed by atoms with E-state index < -0.39 is 6.04 Å². The zero-order chi connectivity index (χ0) is 14.7. The van der Waals surface area contributed by atoms with Crippen LogP contribution in [0.4, 0.5) is 0 Å². The van der Waals surface area contributed by atoms with Gasteiger partial charge in [-0.3, -0.25) is 4.79 Å². The summed E-state index contributed by atoms with van der Waals surface area (Å²) in [6, 6.07) is 7.48. The number of rotatable bonds is 3. The van der Waals surface area contributed by atoms with Crippen LogP contribution in [0, 0.1) is 5.92 Å². The second kappa shape index (κ2) is 6.45. The van der Waals surface area contributed by atoms with Crippen molar-refractivity contribution in [3.63, 3.8) is 0 Å². The van der Waals surface area contributed by atoms with Crippen LogP contribution in [0.2, 0.25) is 0 Å². The second-order valence-electron chi connectivity index (χ2n) is 5.80. The fraction of sp³-hybridized carbons (Fsp3) is 0.562. The molecule has 0 radical (unpaired) electrons. The molecule has 1 aromatic carbocycles. The third kappa shape index (κ3) is 3.36. The van der Waals surface area contributed by atoms with Crippen LogP contribution in [0.5, 0.6) is 5.75 Å². The van der Waals surface area contributed by atoms with Crippen molar-refractivity contribution in [2.24, 2.45) is 11.7 Å². The number of benzene rings is 1. The summed E-state index contributed by atoms with van der Waals surface area (Å²) < 4.78 is 11.0. The van der Waals surface area contributed by atoms with Crippen LogP contribution in [0.25, 0.3) is 0 Å². The van der Waals surface area contributed by atoms with E-state index >= 15 is 0 Å². The highest BCUT2D eigenvalue weighted by atomic mass is 16.5. The van der Waals surface area contributed by atoms with Gasteiger partial charge in [0, 0.05) is 13.2 Å². The Morgan fingerprint density at radius 2 is 2.05 bits per heavy atom. The molecule has 1 amide bonds. The van der Waals surface area contributed by atoms with Crippen molar-refractivity contribution >= 4 is 5.91 Å². The van der Waals surface area contributed by atoms with Gasteiger partial charge in [0.2, 0.25) is 5.91 Å². The van der Waals surface area contributed by atoms with Gasteiger partial charge < -0.3 is 20.5 Å². The molecule has 2 atom stereocenters. The largest absolute Gasteiger partial charge is 0.491 e. The van der Waals surface area contributed by atoms with Gasteiger partial charge in [-0.15, -0.1) is 0 Å². The Labute approximate surface area is 124 Å². The summed E-state index contributed by atoms with van der Waals surface area (Å²) in [5.41, 5.74) is 7.23. The summed E-state index contributed by atoms with van der Waals surface area (Å²) in [6.07, 6.45) is 2.51. The first-order valence-corrected chi connectivity index (χ1v) is 7.58. The van der Waals surface area contributed by atoms with Crippen LogP contribution < -0.4 is 15.8 Å². The number of nitrogens with two attached hydrogens (primary N) is 1. The van der Waals surface area contributed by atoms with Crippen molar-refractivity contribution in [3.8, 4) is 5.75 Å². The Bertz CT molecular complexity index is 500. The number of ether oxygens (including phenoxy) is 2. The molecular weight excluding hydrogens is 268 g/mol. The van der Waals surface area contributed by atoms with Gasteiger partial charge in [0.1, 0.15) is 12.4 Å². The average Bonchev–Trinajstić information content (AvgIpc) is 2.55. The highest BCUT2D eigenvalue weighted by Crippen LogP contribution is 2.24. The van der Waals surface area contributed by atoms with Crippen molar-refractivity contribution < 1.29 is 14.3 Å².